The Morgan fingerprint density at radius 2 is 1.65 bits per heavy atom. The summed E-state index contributed by atoms with van der Waals surface area (Å²) in [6, 6.07) is 16.0. The summed E-state index contributed by atoms with van der Waals surface area (Å²) in [5.74, 6) is 1.76. The molecule has 0 bridgehead atoms. The van der Waals surface area contributed by atoms with E-state index in [1.165, 1.54) is 5.56 Å². The number of nitrogens with zero attached hydrogens (tertiary/aromatic N) is 1. The SMILES string of the molecule is COc1ccc(/C(C#N)=C\c2ccc(C(C)C)cc2)cc1OC. The van der Waals surface area contributed by atoms with E-state index in [0.717, 1.165) is 11.1 Å². The van der Waals surface area contributed by atoms with Crippen molar-refractivity contribution in [1.82, 2.24) is 0 Å². The van der Waals surface area contributed by atoms with Gasteiger partial charge in [-0.1, -0.05) is 38.1 Å². The van der Waals surface area contributed by atoms with Crippen LogP contribution in [0.5, 0.6) is 11.5 Å². The van der Waals surface area contributed by atoms with Crippen LogP contribution in [0.15, 0.2) is 42.5 Å². The van der Waals surface area contributed by atoms with Gasteiger partial charge < -0.3 is 9.47 Å². The third-order valence-electron chi connectivity index (χ3n) is 3.73. The van der Waals surface area contributed by atoms with Crippen molar-refractivity contribution in [3.8, 4) is 17.6 Å². The molecule has 2 aromatic rings. The molecule has 0 N–H and O–H groups in total. The molecule has 0 saturated heterocycles. The minimum Gasteiger partial charge on any atom is -0.493 e. The Morgan fingerprint density at radius 1 is 1.00 bits per heavy atom. The summed E-state index contributed by atoms with van der Waals surface area (Å²) in [6.45, 7) is 4.32. The Bertz CT molecular complexity index is 737. The first-order valence-corrected chi connectivity index (χ1v) is 7.53. The lowest BCUT2D eigenvalue weighted by atomic mass is 9.99. The molecule has 2 aromatic carbocycles. The van der Waals surface area contributed by atoms with Gasteiger partial charge in [-0.15, -0.1) is 0 Å². The zero-order valence-corrected chi connectivity index (χ0v) is 14.0. The number of benzene rings is 2. The van der Waals surface area contributed by atoms with Gasteiger partial charge in [0.05, 0.1) is 25.9 Å². The average Bonchev–Trinajstić information content (AvgIpc) is 2.59. The highest BCUT2D eigenvalue weighted by Crippen LogP contribution is 2.31. The minimum atomic E-state index is 0.495. The van der Waals surface area contributed by atoms with E-state index in [9.17, 15) is 5.26 Å². The Hall–Kier alpha value is -2.73. The van der Waals surface area contributed by atoms with Gasteiger partial charge in [0, 0.05) is 0 Å². The summed E-state index contributed by atoms with van der Waals surface area (Å²) in [5, 5.41) is 9.48. The van der Waals surface area contributed by atoms with E-state index in [2.05, 4.69) is 32.0 Å². The van der Waals surface area contributed by atoms with Gasteiger partial charge in [0.15, 0.2) is 11.5 Å². The number of rotatable bonds is 5. The lowest BCUT2D eigenvalue weighted by molar-refractivity contribution is 0.355. The second-order valence-corrected chi connectivity index (χ2v) is 5.56. The number of allylic oxidation sites excluding steroid dienone is 1. The van der Waals surface area contributed by atoms with Crippen molar-refractivity contribution in [1.29, 1.82) is 5.26 Å². The fourth-order valence-electron chi connectivity index (χ4n) is 2.33. The molecule has 3 nitrogen and oxygen atoms in total. The van der Waals surface area contributed by atoms with Gasteiger partial charge in [-0.05, 0) is 46.9 Å². The third kappa shape index (κ3) is 3.92. The number of nitriles is 1. The second kappa shape index (κ2) is 7.51. The van der Waals surface area contributed by atoms with Crippen molar-refractivity contribution in [3.05, 3.63) is 59.2 Å². The minimum absolute atomic E-state index is 0.495. The van der Waals surface area contributed by atoms with E-state index in [4.69, 9.17) is 9.47 Å². The first kappa shape index (κ1) is 16.6. The van der Waals surface area contributed by atoms with E-state index < -0.39 is 0 Å². The first-order chi connectivity index (χ1) is 11.1. The van der Waals surface area contributed by atoms with E-state index >= 15 is 0 Å². The van der Waals surface area contributed by atoms with Crippen LogP contribution in [-0.4, -0.2) is 14.2 Å². The van der Waals surface area contributed by atoms with Crippen molar-refractivity contribution in [2.24, 2.45) is 0 Å². The summed E-state index contributed by atoms with van der Waals surface area (Å²) in [5.41, 5.74) is 3.67. The van der Waals surface area contributed by atoms with Crippen LogP contribution in [0.25, 0.3) is 11.6 Å². The van der Waals surface area contributed by atoms with Crippen molar-refractivity contribution in [2.45, 2.75) is 19.8 Å². The quantitative estimate of drug-likeness (QED) is 0.583. The highest BCUT2D eigenvalue weighted by atomic mass is 16.5. The van der Waals surface area contributed by atoms with Crippen LogP contribution in [0.2, 0.25) is 0 Å². The summed E-state index contributed by atoms with van der Waals surface area (Å²) >= 11 is 0. The molecule has 0 atom stereocenters. The van der Waals surface area contributed by atoms with E-state index in [0.29, 0.717) is 23.0 Å². The molecule has 0 aromatic heterocycles. The topological polar surface area (TPSA) is 42.2 Å². The van der Waals surface area contributed by atoms with Gasteiger partial charge in [-0.3, -0.25) is 0 Å². The molecule has 0 heterocycles. The van der Waals surface area contributed by atoms with Gasteiger partial charge in [0.2, 0.25) is 0 Å². The van der Waals surface area contributed by atoms with Crippen LogP contribution < -0.4 is 9.47 Å². The predicted octanol–water partition coefficient (Wildman–Crippen LogP) is 4.89. The fourth-order valence-corrected chi connectivity index (χ4v) is 2.33. The summed E-state index contributed by atoms with van der Waals surface area (Å²) in [4.78, 5) is 0. The molecule has 0 aliphatic carbocycles. The Morgan fingerprint density at radius 3 is 2.17 bits per heavy atom. The summed E-state index contributed by atoms with van der Waals surface area (Å²) in [7, 11) is 3.18. The van der Waals surface area contributed by atoms with Crippen LogP contribution in [0.1, 0.15) is 36.5 Å². The normalized spacial score (nSPS) is 11.2. The summed E-state index contributed by atoms with van der Waals surface area (Å²) in [6.07, 6.45) is 1.88. The highest BCUT2D eigenvalue weighted by molar-refractivity contribution is 5.90. The molecule has 0 radical (unpaired) electrons. The molecule has 0 saturated carbocycles. The molecular formula is C20H21NO2. The third-order valence-corrected chi connectivity index (χ3v) is 3.73. The lowest BCUT2D eigenvalue weighted by Crippen LogP contribution is -1.92. The molecule has 0 amide bonds. The Labute approximate surface area is 137 Å². The van der Waals surface area contributed by atoms with Crippen LogP contribution in [0.3, 0.4) is 0 Å². The molecule has 0 aliphatic heterocycles. The maximum Gasteiger partial charge on any atom is 0.161 e. The van der Waals surface area contributed by atoms with Crippen molar-refractivity contribution in [2.75, 3.05) is 14.2 Å². The molecule has 23 heavy (non-hydrogen) atoms. The van der Waals surface area contributed by atoms with Crippen LogP contribution >= 0.6 is 0 Å². The summed E-state index contributed by atoms with van der Waals surface area (Å²) < 4.78 is 10.5. The molecular weight excluding hydrogens is 286 g/mol. The molecule has 2 rings (SSSR count). The van der Waals surface area contributed by atoms with E-state index in [-0.39, 0.29) is 0 Å². The standard InChI is InChI=1S/C20H21NO2/c1-14(2)16-7-5-15(6-8-16)11-18(13-21)17-9-10-19(22-3)20(12-17)23-4/h5-12,14H,1-4H3/b18-11-. The predicted molar refractivity (Wildman–Crippen MR) is 93.6 cm³/mol. The number of hydrogen-bond acceptors (Lipinski definition) is 3. The maximum absolute atomic E-state index is 9.48. The van der Waals surface area contributed by atoms with Gasteiger partial charge in [-0.2, -0.15) is 5.26 Å². The highest BCUT2D eigenvalue weighted by Gasteiger charge is 2.08. The first-order valence-electron chi connectivity index (χ1n) is 7.53. The van der Waals surface area contributed by atoms with Gasteiger partial charge >= 0.3 is 0 Å². The zero-order valence-electron chi connectivity index (χ0n) is 14.0. The van der Waals surface area contributed by atoms with E-state index in [1.54, 1.807) is 20.3 Å². The average molecular weight is 307 g/mol. The van der Waals surface area contributed by atoms with Crippen LogP contribution in [-0.2, 0) is 0 Å². The lowest BCUT2D eigenvalue weighted by Gasteiger charge is -2.09. The Balaban J connectivity index is 2.37. The molecule has 0 fully saturated rings. The van der Waals surface area contributed by atoms with Crippen molar-refractivity contribution >= 4 is 11.6 Å². The van der Waals surface area contributed by atoms with Crippen molar-refractivity contribution < 1.29 is 9.47 Å². The largest absolute Gasteiger partial charge is 0.493 e. The molecule has 118 valence electrons. The van der Waals surface area contributed by atoms with Crippen LogP contribution in [0, 0.1) is 11.3 Å². The molecule has 0 unspecified atom stereocenters. The molecule has 0 spiro atoms. The maximum atomic E-state index is 9.48. The van der Waals surface area contributed by atoms with Gasteiger partial charge in [0.25, 0.3) is 0 Å². The van der Waals surface area contributed by atoms with Gasteiger partial charge in [0.1, 0.15) is 0 Å². The number of ether oxygens (including phenoxy) is 2. The molecule has 3 heteroatoms. The number of hydrogen-bond donors (Lipinski definition) is 0. The zero-order chi connectivity index (χ0) is 16.8. The number of methoxy groups -OCH3 is 2. The second-order valence-electron chi connectivity index (χ2n) is 5.56. The fraction of sp³-hybridized carbons (Fsp3) is 0.250. The smallest absolute Gasteiger partial charge is 0.161 e. The van der Waals surface area contributed by atoms with E-state index in [1.807, 2.05) is 30.3 Å². The van der Waals surface area contributed by atoms with Crippen molar-refractivity contribution in [3.63, 3.8) is 0 Å². The van der Waals surface area contributed by atoms with Crippen LogP contribution in [0.4, 0.5) is 0 Å². The molecule has 0 aliphatic rings. The monoisotopic (exact) mass is 307 g/mol. The van der Waals surface area contributed by atoms with Gasteiger partial charge in [-0.25, -0.2) is 0 Å². The Kier molecular flexibility index (Phi) is 5.43.